The van der Waals surface area contributed by atoms with Gasteiger partial charge in [0, 0.05) is 6.54 Å². The standard InChI is InChI=1S/C21H18N2O3S/c1-3-11-23-19(24)18(13-15-6-4-5-14(2)12-15)27-21(23)22-17-9-7-16(8-10-17)20(25)26/h3-10,12-13H,1,11H2,2H3,(H,25,26)/b18-13-,22-21?. The minimum absolute atomic E-state index is 0.123. The number of amidine groups is 1. The summed E-state index contributed by atoms with van der Waals surface area (Å²) in [5.74, 6) is -1.11. The molecule has 1 heterocycles. The molecular weight excluding hydrogens is 360 g/mol. The topological polar surface area (TPSA) is 70.0 Å². The van der Waals surface area contributed by atoms with Gasteiger partial charge in [0.15, 0.2) is 5.17 Å². The van der Waals surface area contributed by atoms with Crippen LogP contribution in [0.1, 0.15) is 21.5 Å². The van der Waals surface area contributed by atoms with E-state index in [1.807, 2.05) is 37.3 Å². The van der Waals surface area contributed by atoms with E-state index in [0.717, 1.165) is 11.1 Å². The van der Waals surface area contributed by atoms with Gasteiger partial charge in [-0.2, -0.15) is 0 Å². The Bertz CT molecular complexity index is 962. The van der Waals surface area contributed by atoms with Crippen LogP contribution in [0.5, 0.6) is 0 Å². The Hall–Kier alpha value is -3.12. The van der Waals surface area contributed by atoms with Crippen molar-refractivity contribution in [2.24, 2.45) is 4.99 Å². The van der Waals surface area contributed by atoms with Crippen LogP contribution in [0.25, 0.3) is 6.08 Å². The average molecular weight is 378 g/mol. The van der Waals surface area contributed by atoms with Crippen LogP contribution in [0, 0.1) is 6.92 Å². The van der Waals surface area contributed by atoms with Crippen molar-refractivity contribution < 1.29 is 14.7 Å². The summed E-state index contributed by atoms with van der Waals surface area (Å²) in [7, 11) is 0. The Morgan fingerprint density at radius 3 is 2.63 bits per heavy atom. The molecule has 1 aliphatic rings. The number of amides is 1. The maximum atomic E-state index is 12.8. The number of benzene rings is 2. The van der Waals surface area contributed by atoms with E-state index in [2.05, 4.69) is 11.6 Å². The van der Waals surface area contributed by atoms with Crippen LogP contribution in [0.2, 0.25) is 0 Å². The van der Waals surface area contributed by atoms with E-state index in [1.165, 1.54) is 23.9 Å². The lowest BCUT2D eigenvalue weighted by molar-refractivity contribution is -0.121. The van der Waals surface area contributed by atoms with Gasteiger partial charge in [-0.3, -0.25) is 9.69 Å². The predicted molar refractivity (Wildman–Crippen MR) is 109 cm³/mol. The fourth-order valence-electron chi connectivity index (χ4n) is 2.58. The zero-order valence-corrected chi connectivity index (χ0v) is 15.6. The molecule has 136 valence electrons. The molecule has 1 saturated heterocycles. The monoisotopic (exact) mass is 378 g/mol. The smallest absolute Gasteiger partial charge is 0.335 e. The van der Waals surface area contributed by atoms with Gasteiger partial charge in [-0.15, -0.1) is 6.58 Å². The number of nitrogens with zero attached hydrogens (tertiary/aromatic N) is 2. The van der Waals surface area contributed by atoms with Crippen molar-refractivity contribution in [2.45, 2.75) is 6.92 Å². The summed E-state index contributed by atoms with van der Waals surface area (Å²) < 4.78 is 0. The summed E-state index contributed by atoms with van der Waals surface area (Å²) in [6.07, 6.45) is 3.50. The first-order chi connectivity index (χ1) is 13.0. The van der Waals surface area contributed by atoms with Crippen molar-refractivity contribution in [1.29, 1.82) is 0 Å². The fourth-order valence-corrected chi connectivity index (χ4v) is 3.59. The van der Waals surface area contributed by atoms with Crippen LogP contribution in [-0.4, -0.2) is 33.6 Å². The molecule has 0 atom stereocenters. The van der Waals surface area contributed by atoms with E-state index in [-0.39, 0.29) is 11.5 Å². The van der Waals surface area contributed by atoms with Crippen LogP contribution in [-0.2, 0) is 4.79 Å². The molecule has 1 N–H and O–H groups in total. The van der Waals surface area contributed by atoms with E-state index < -0.39 is 5.97 Å². The molecule has 2 aromatic carbocycles. The van der Waals surface area contributed by atoms with Crippen LogP contribution in [0.4, 0.5) is 5.69 Å². The molecule has 0 saturated carbocycles. The van der Waals surface area contributed by atoms with Crippen LogP contribution in [0.3, 0.4) is 0 Å². The molecular formula is C21H18N2O3S. The maximum Gasteiger partial charge on any atom is 0.335 e. The number of hydrogen-bond acceptors (Lipinski definition) is 4. The summed E-state index contributed by atoms with van der Waals surface area (Å²) in [6, 6.07) is 14.1. The van der Waals surface area contributed by atoms with Gasteiger partial charge in [0.25, 0.3) is 5.91 Å². The Morgan fingerprint density at radius 2 is 2.00 bits per heavy atom. The van der Waals surface area contributed by atoms with Gasteiger partial charge in [0.05, 0.1) is 16.2 Å². The summed E-state index contributed by atoms with van der Waals surface area (Å²) in [6.45, 7) is 6.06. The van der Waals surface area contributed by atoms with E-state index >= 15 is 0 Å². The second-order valence-corrected chi connectivity index (χ2v) is 6.98. The second-order valence-electron chi connectivity index (χ2n) is 5.98. The molecule has 1 aliphatic heterocycles. The number of carboxylic acids is 1. The first-order valence-electron chi connectivity index (χ1n) is 8.29. The summed E-state index contributed by atoms with van der Waals surface area (Å²) >= 11 is 1.30. The molecule has 0 bridgehead atoms. The Balaban J connectivity index is 1.93. The van der Waals surface area contributed by atoms with Gasteiger partial charge in [-0.1, -0.05) is 35.9 Å². The van der Waals surface area contributed by atoms with Gasteiger partial charge < -0.3 is 5.11 Å². The third-order valence-corrected chi connectivity index (χ3v) is 4.89. The number of carboxylic acid groups (broad SMARTS) is 1. The molecule has 0 radical (unpaired) electrons. The van der Waals surface area contributed by atoms with Crippen LogP contribution >= 0.6 is 11.8 Å². The molecule has 1 fully saturated rings. The summed E-state index contributed by atoms with van der Waals surface area (Å²) in [4.78, 5) is 30.4. The van der Waals surface area contributed by atoms with Crippen molar-refractivity contribution in [1.82, 2.24) is 4.90 Å². The zero-order valence-electron chi connectivity index (χ0n) is 14.8. The normalized spacial score (nSPS) is 16.9. The molecule has 0 aromatic heterocycles. The molecule has 27 heavy (non-hydrogen) atoms. The van der Waals surface area contributed by atoms with Crippen molar-refractivity contribution in [3.8, 4) is 0 Å². The SMILES string of the molecule is C=CCN1C(=O)/C(=C/c2cccc(C)c2)SC1=Nc1ccc(C(=O)O)cc1. The van der Waals surface area contributed by atoms with Crippen molar-refractivity contribution in [2.75, 3.05) is 6.54 Å². The highest BCUT2D eigenvalue weighted by atomic mass is 32.2. The molecule has 2 aromatic rings. The molecule has 0 unspecified atom stereocenters. The average Bonchev–Trinajstić information content (AvgIpc) is 2.91. The fraction of sp³-hybridized carbons (Fsp3) is 0.0952. The molecule has 1 amide bonds. The van der Waals surface area contributed by atoms with Gasteiger partial charge in [-0.25, -0.2) is 9.79 Å². The highest BCUT2D eigenvalue weighted by molar-refractivity contribution is 8.18. The zero-order chi connectivity index (χ0) is 19.4. The molecule has 5 nitrogen and oxygen atoms in total. The number of aromatic carboxylic acids is 1. The number of carbonyl (C=O) groups is 2. The predicted octanol–water partition coefficient (Wildman–Crippen LogP) is 4.48. The van der Waals surface area contributed by atoms with E-state index in [0.29, 0.717) is 22.3 Å². The molecule has 0 spiro atoms. The van der Waals surface area contributed by atoms with Gasteiger partial charge in [0.1, 0.15) is 0 Å². The number of hydrogen-bond donors (Lipinski definition) is 1. The van der Waals surface area contributed by atoms with Crippen molar-refractivity contribution in [3.05, 3.63) is 82.8 Å². The van der Waals surface area contributed by atoms with Gasteiger partial charge in [0.2, 0.25) is 0 Å². The lowest BCUT2D eigenvalue weighted by atomic mass is 10.1. The highest BCUT2D eigenvalue weighted by Crippen LogP contribution is 2.34. The van der Waals surface area contributed by atoms with Crippen LogP contribution in [0.15, 0.2) is 71.1 Å². The first kappa shape index (κ1) is 18.7. The Kier molecular flexibility index (Phi) is 5.57. The lowest BCUT2D eigenvalue weighted by Gasteiger charge is -2.12. The van der Waals surface area contributed by atoms with E-state index in [9.17, 15) is 9.59 Å². The van der Waals surface area contributed by atoms with Gasteiger partial charge >= 0.3 is 5.97 Å². The highest BCUT2D eigenvalue weighted by Gasteiger charge is 2.32. The van der Waals surface area contributed by atoms with E-state index in [4.69, 9.17) is 5.11 Å². The largest absolute Gasteiger partial charge is 0.478 e. The van der Waals surface area contributed by atoms with Crippen molar-refractivity contribution in [3.63, 3.8) is 0 Å². The third kappa shape index (κ3) is 4.35. The quantitative estimate of drug-likeness (QED) is 0.615. The van der Waals surface area contributed by atoms with E-state index in [1.54, 1.807) is 23.1 Å². The lowest BCUT2D eigenvalue weighted by Crippen LogP contribution is -2.29. The molecule has 0 aliphatic carbocycles. The third-order valence-electron chi connectivity index (χ3n) is 3.88. The molecule has 3 rings (SSSR count). The second kappa shape index (κ2) is 8.05. The van der Waals surface area contributed by atoms with Gasteiger partial charge in [-0.05, 0) is 54.6 Å². The minimum Gasteiger partial charge on any atom is -0.478 e. The summed E-state index contributed by atoms with van der Waals surface area (Å²) in [5, 5.41) is 9.53. The van der Waals surface area contributed by atoms with Crippen molar-refractivity contribution >= 4 is 40.6 Å². The first-order valence-corrected chi connectivity index (χ1v) is 9.10. The number of rotatable bonds is 5. The number of aryl methyl sites for hydroxylation is 1. The maximum absolute atomic E-state index is 12.8. The number of thioether (sulfide) groups is 1. The van der Waals surface area contributed by atoms with Crippen LogP contribution < -0.4 is 0 Å². The Morgan fingerprint density at radius 1 is 1.26 bits per heavy atom. The minimum atomic E-state index is -0.990. The summed E-state index contributed by atoms with van der Waals surface area (Å²) in [5.41, 5.74) is 2.85. The molecule has 6 heteroatoms. The Labute approximate surface area is 161 Å². The number of aliphatic imine (C=N–C) groups is 1. The number of carbonyl (C=O) groups excluding carboxylic acids is 1.